The standard InChI is InChI=1S/C19H20N2O2/c1-22-15-5-3-14(4-6-15)9-12-21-18-7-8-19(23-2)16-10-11-20-13-17(16)18/h3-8,10-11,13,21H,9,12H2,1-2H3. The molecule has 23 heavy (non-hydrogen) atoms. The van der Waals surface area contributed by atoms with E-state index in [1.807, 2.05) is 36.5 Å². The summed E-state index contributed by atoms with van der Waals surface area (Å²) in [6.45, 7) is 0.850. The molecule has 4 heteroatoms. The molecule has 0 atom stereocenters. The average Bonchev–Trinajstić information content (AvgIpc) is 2.62. The van der Waals surface area contributed by atoms with Gasteiger partial charge in [-0.2, -0.15) is 0 Å². The maximum atomic E-state index is 5.41. The van der Waals surface area contributed by atoms with Gasteiger partial charge in [-0.1, -0.05) is 12.1 Å². The molecule has 118 valence electrons. The lowest BCUT2D eigenvalue weighted by Crippen LogP contribution is -2.05. The molecule has 0 radical (unpaired) electrons. The number of methoxy groups -OCH3 is 2. The van der Waals surface area contributed by atoms with Gasteiger partial charge in [-0.3, -0.25) is 4.98 Å². The van der Waals surface area contributed by atoms with Gasteiger partial charge in [-0.05, 0) is 42.3 Å². The van der Waals surface area contributed by atoms with Crippen molar-refractivity contribution < 1.29 is 9.47 Å². The van der Waals surface area contributed by atoms with E-state index >= 15 is 0 Å². The topological polar surface area (TPSA) is 43.4 Å². The molecule has 0 unspecified atom stereocenters. The SMILES string of the molecule is COc1ccc(CCNc2ccc(OC)c3ccncc23)cc1. The minimum Gasteiger partial charge on any atom is -0.497 e. The van der Waals surface area contributed by atoms with Crippen molar-refractivity contribution in [3.8, 4) is 11.5 Å². The van der Waals surface area contributed by atoms with Crippen LogP contribution in [0.3, 0.4) is 0 Å². The number of hydrogen-bond donors (Lipinski definition) is 1. The summed E-state index contributed by atoms with van der Waals surface area (Å²) >= 11 is 0. The number of aromatic nitrogens is 1. The Morgan fingerprint density at radius 2 is 1.74 bits per heavy atom. The Balaban J connectivity index is 1.72. The molecule has 3 rings (SSSR count). The molecule has 1 N–H and O–H groups in total. The van der Waals surface area contributed by atoms with Crippen molar-refractivity contribution in [2.75, 3.05) is 26.1 Å². The summed E-state index contributed by atoms with van der Waals surface area (Å²) in [6, 6.07) is 14.2. The third-order valence-corrected chi connectivity index (χ3v) is 3.89. The third-order valence-electron chi connectivity index (χ3n) is 3.89. The highest BCUT2D eigenvalue weighted by Crippen LogP contribution is 2.30. The molecular weight excluding hydrogens is 288 g/mol. The molecule has 2 aromatic carbocycles. The molecular formula is C19H20N2O2. The highest BCUT2D eigenvalue weighted by molar-refractivity contribution is 5.97. The van der Waals surface area contributed by atoms with E-state index in [1.54, 1.807) is 20.4 Å². The largest absolute Gasteiger partial charge is 0.497 e. The Morgan fingerprint density at radius 3 is 2.48 bits per heavy atom. The number of benzene rings is 2. The quantitative estimate of drug-likeness (QED) is 0.750. The molecule has 0 bridgehead atoms. The molecule has 0 aliphatic heterocycles. The zero-order valence-electron chi connectivity index (χ0n) is 13.4. The van der Waals surface area contributed by atoms with Crippen LogP contribution in [0, 0.1) is 0 Å². The molecule has 0 aliphatic carbocycles. The smallest absolute Gasteiger partial charge is 0.126 e. The fourth-order valence-electron chi connectivity index (χ4n) is 2.63. The first-order valence-electron chi connectivity index (χ1n) is 7.59. The molecule has 4 nitrogen and oxygen atoms in total. The lowest BCUT2D eigenvalue weighted by molar-refractivity contribution is 0.414. The Morgan fingerprint density at radius 1 is 0.913 bits per heavy atom. The molecule has 1 heterocycles. The van der Waals surface area contributed by atoms with Crippen LogP contribution in [0.25, 0.3) is 10.8 Å². The summed E-state index contributed by atoms with van der Waals surface area (Å²) in [5, 5.41) is 5.63. The predicted octanol–water partition coefficient (Wildman–Crippen LogP) is 3.91. The van der Waals surface area contributed by atoms with Crippen LogP contribution in [0.5, 0.6) is 11.5 Å². The third kappa shape index (κ3) is 3.37. The van der Waals surface area contributed by atoms with Gasteiger partial charge in [0.05, 0.1) is 14.2 Å². The second kappa shape index (κ2) is 7.01. The summed E-state index contributed by atoms with van der Waals surface area (Å²) < 4.78 is 10.6. The maximum Gasteiger partial charge on any atom is 0.126 e. The molecule has 0 aliphatic rings. The fourth-order valence-corrected chi connectivity index (χ4v) is 2.63. The normalized spacial score (nSPS) is 10.5. The number of nitrogens with zero attached hydrogens (tertiary/aromatic N) is 1. The molecule has 0 spiro atoms. The van der Waals surface area contributed by atoms with Crippen LogP contribution in [0.15, 0.2) is 54.9 Å². The Hall–Kier alpha value is -2.75. The summed E-state index contributed by atoms with van der Waals surface area (Å²) in [5.41, 5.74) is 2.34. The van der Waals surface area contributed by atoms with Gasteiger partial charge in [0, 0.05) is 35.4 Å². The molecule has 3 aromatic rings. The Kier molecular flexibility index (Phi) is 4.62. The summed E-state index contributed by atoms with van der Waals surface area (Å²) in [7, 11) is 3.37. The van der Waals surface area contributed by atoms with E-state index in [1.165, 1.54) is 5.56 Å². The minimum absolute atomic E-state index is 0.850. The van der Waals surface area contributed by atoms with Gasteiger partial charge < -0.3 is 14.8 Å². The van der Waals surface area contributed by atoms with E-state index < -0.39 is 0 Å². The number of pyridine rings is 1. The average molecular weight is 308 g/mol. The van der Waals surface area contributed by atoms with Gasteiger partial charge in [0.25, 0.3) is 0 Å². The highest BCUT2D eigenvalue weighted by Gasteiger charge is 2.06. The van der Waals surface area contributed by atoms with E-state index in [9.17, 15) is 0 Å². The van der Waals surface area contributed by atoms with E-state index in [2.05, 4.69) is 22.4 Å². The van der Waals surface area contributed by atoms with Crippen LogP contribution in [0.1, 0.15) is 5.56 Å². The first-order valence-corrected chi connectivity index (χ1v) is 7.59. The van der Waals surface area contributed by atoms with Gasteiger partial charge in [0.2, 0.25) is 0 Å². The van der Waals surface area contributed by atoms with Crippen LogP contribution >= 0.6 is 0 Å². The van der Waals surface area contributed by atoms with E-state index in [0.717, 1.165) is 40.9 Å². The molecule has 1 aromatic heterocycles. The van der Waals surface area contributed by atoms with Crippen LogP contribution in [0.4, 0.5) is 5.69 Å². The minimum atomic E-state index is 0.850. The second-order valence-corrected chi connectivity index (χ2v) is 5.26. The van der Waals surface area contributed by atoms with Gasteiger partial charge in [0.1, 0.15) is 11.5 Å². The van der Waals surface area contributed by atoms with Crippen LogP contribution in [-0.4, -0.2) is 25.7 Å². The van der Waals surface area contributed by atoms with Crippen molar-refractivity contribution in [2.45, 2.75) is 6.42 Å². The van der Waals surface area contributed by atoms with Crippen molar-refractivity contribution in [1.29, 1.82) is 0 Å². The van der Waals surface area contributed by atoms with Crippen molar-refractivity contribution in [1.82, 2.24) is 4.98 Å². The zero-order chi connectivity index (χ0) is 16.1. The number of fused-ring (bicyclic) bond motifs is 1. The van der Waals surface area contributed by atoms with Crippen LogP contribution in [-0.2, 0) is 6.42 Å². The molecule has 0 fully saturated rings. The van der Waals surface area contributed by atoms with E-state index in [0.29, 0.717) is 0 Å². The summed E-state index contributed by atoms with van der Waals surface area (Å²) in [5.74, 6) is 1.75. The van der Waals surface area contributed by atoms with Gasteiger partial charge >= 0.3 is 0 Å². The van der Waals surface area contributed by atoms with E-state index in [-0.39, 0.29) is 0 Å². The maximum absolute atomic E-state index is 5.41. The number of ether oxygens (including phenoxy) is 2. The number of nitrogens with one attached hydrogen (secondary N) is 1. The van der Waals surface area contributed by atoms with Crippen molar-refractivity contribution in [3.05, 3.63) is 60.4 Å². The Bertz CT molecular complexity index is 785. The van der Waals surface area contributed by atoms with Crippen molar-refractivity contribution >= 4 is 16.5 Å². The molecule has 0 amide bonds. The number of anilines is 1. The Labute approximate surface area is 136 Å². The lowest BCUT2D eigenvalue weighted by atomic mass is 10.1. The van der Waals surface area contributed by atoms with Gasteiger partial charge in [-0.25, -0.2) is 0 Å². The fraction of sp³-hybridized carbons (Fsp3) is 0.211. The van der Waals surface area contributed by atoms with E-state index in [4.69, 9.17) is 9.47 Å². The molecule has 0 saturated heterocycles. The summed E-state index contributed by atoms with van der Waals surface area (Å²) in [4.78, 5) is 4.22. The van der Waals surface area contributed by atoms with Crippen LogP contribution < -0.4 is 14.8 Å². The highest BCUT2D eigenvalue weighted by atomic mass is 16.5. The van der Waals surface area contributed by atoms with Crippen molar-refractivity contribution in [2.24, 2.45) is 0 Å². The van der Waals surface area contributed by atoms with Gasteiger partial charge in [0.15, 0.2) is 0 Å². The predicted molar refractivity (Wildman–Crippen MR) is 93.5 cm³/mol. The first-order chi connectivity index (χ1) is 11.3. The zero-order valence-corrected chi connectivity index (χ0v) is 13.4. The number of hydrogen-bond acceptors (Lipinski definition) is 4. The van der Waals surface area contributed by atoms with Crippen LogP contribution in [0.2, 0.25) is 0 Å². The van der Waals surface area contributed by atoms with Crippen molar-refractivity contribution in [3.63, 3.8) is 0 Å². The monoisotopic (exact) mass is 308 g/mol. The molecule has 0 saturated carbocycles. The lowest BCUT2D eigenvalue weighted by Gasteiger charge is -2.12. The second-order valence-electron chi connectivity index (χ2n) is 5.26. The first kappa shape index (κ1) is 15.2. The number of rotatable bonds is 6. The van der Waals surface area contributed by atoms with Gasteiger partial charge in [-0.15, -0.1) is 0 Å². The summed E-state index contributed by atoms with van der Waals surface area (Å²) in [6.07, 6.45) is 4.59.